The molecule has 0 aliphatic heterocycles. The molecule has 0 fully saturated rings. The first-order chi connectivity index (χ1) is 15.1. The van der Waals surface area contributed by atoms with E-state index in [1.165, 1.54) is 23.5 Å². The minimum absolute atomic E-state index is 0.205. The number of pyridine rings is 1. The summed E-state index contributed by atoms with van der Waals surface area (Å²) in [5.74, 6) is 0.0684. The average molecular weight is 437 g/mol. The van der Waals surface area contributed by atoms with Crippen LogP contribution in [-0.4, -0.2) is 31.7 Å². The van der Waals surface area contributed by atoms with Gasteiger partial charge in [0.15, 0.2) is 0 Å². The van der Waals surface area contributed by atoms with Crippen LogP contribution in [0.2, 0.25) is 0 Å². The van der Waals surface area contributed by atoms with Crippen LogP contribution in [0.15, 0.2) is 65.7 Å². The van der Waals surface area contributed by atoms with E-state index in [4.69, 9.17) is 0 Å². The van der Waals surface area contributed by atoms with Crippen molar-refractivity contribution in [3.63, 3.8) is 0 Å². The molecule has 4 aromatic rings. The first-order valence-electron chi connectivity index (χ1n) is 9.68. The van der Waals surface area contributed by atoms with Crippen LogP contribution in [0.25, 0.3) is 11.3 Å². The fourth-order valence-electron chi connectivity index (χ4n) is 3.13. The minimum Gasteiger partial charge on any atom is -0.310 e. The number of carbonyl (C=O) groups excluding carboxylic acids is 1. The maximum Gasteiger partial charge on any atom is 0.243 e. The number of nitrogens with one attached hydrogen (secondary N) is 2. The maximum absolute atomic E-state index is 13.3. The van der Waals surface area contributed by atoms with Crippen molar-refractivity contribution in [3.05, 3.63) is 82.8 Å². The summed E-state index contributed by atoms with van der Waals surface area (Å²) in [5, 5.41) is 12.6. The quantitative estimate of drug-likeness (QED) is 0.442. The van der Waals surface area contributed by atoms with Gasteiger partial charge in [-0.05, 0) is 36.2 Å². The van der Waals surface area contributed by atoms with E-state index in [0.29, 0.717) is 18.8 Å². The van der Waals surface area contributed by atoms with Crippen molar-refractivity contribution < 1.29 is 9.18 Å². The lowest BCUT2D eigenvalue weighted by atomic mass is 10.0. The van der Waals surface area contributed by atoms with E-state index in [1.807, 2.05) is 23.6 Å². The van der Waals surface area contributed by atoms with Gasteiger partial charge in [-0.1, -0.05) is 12.1 Å². The number of hydrogen-bond donors (Lipinski definition) is 2. The highest BCUT2D eigenvalue weighted by Gasteiger charge is 2.21. The van der Waals surface area contributed by atoms with Crippen molar-refractivity contribution in [3.8, 4) is 11.3 Å². The summed E-state index contributed by atoms with van der Waals surface area (Å²) in [4.78, 5) is 21.4. The molecule has 4 rings (SSSR count). The zero-order chi connectivity index (χ0) is 21.6. The Bertz CT molecular complexity index is 1130. The van der Waals surface area contributed by atoms with E-state index in [-0.39, 0.29) is 11.7 Å². The van der Waals surface area contributed by atoms with Crippen molar-refractivity contribution in [2.45, 2.75) is 19.0 Å². The normalized spacial score (nSPS) is 11.9. The Morgan fingerprint density at radius 1 is 1.19 bits per heavy atom. The molecular formula is C22H21FN6OS. The van der Waals surface area contributed by atoms with Crippen molar-refractivity contribution in [1.82, 2.24) is 25.1 Å². The number of aromatic nitrogens is 4. The Hall–Kier alpha value is -3.43. The molecule has 3 heterocycles. The van der Waals surface area contributed by atoms with Gasteiger partial charge in [0.05, 0.1) is 22.9 Å². The van der Waals surface area contributed by atoms with Gasteiger partial charge in [-0.3, -0.25) is 19.8 Å². The van der Waals surface area contributed by atoms with Gasteiger partial charge in [0, 0.05) is 43.0 Å². The molecule has 0 radical (unpaired) electrons. The SMILES string of the molecule is Cn1nc(-c2ccncc2)cc1NC(=O)[C@H](Cc1ccc(F)cc1)NCc1cscn1. The Labute approximate surface area is 183 Å². The highest BCUT2D eigenvalue weighted by molar-refractivity contribution is 7.07. The molecule has 1 atom stereocenters. The summed E-state index contributed by atoms with van der Waals surface area (Å²) in [5.41, 5.74) is 5.13. The lowest BCUT2D eigenvalue weighted by Gasteiger charge is -2.18. The van der Waals surface area contributed by atoms with Gasteiger partial charge in [0.1, 0.15) is 11.6 Å². The van der Waals surface area contributed by atoms with Crippen LogP contribution in [0.3, 0.4) is 0 Å². The van der Waals surface area contributed by atoms with Crippen LogP contribution < -0.4 is 10.6 Å². The van der Waals surface area contributed by atoms with Crippen LogP contribution >= 0.6 is 11.3 Å². The van der Waals surface area contributed by atoms with Crippen molar-refractivity contribution in [2.75, 3.05) is 5.32 Å². The standard InChI is InChI=1S/C22H21FN6OS/c1-29-21(11-19(28-29)16-6-8-24-9-7-16)27-22(30)20(25-12-18-13-31-14-26-18)10-15-2-4-17(23)5-3-15/h2-9,11,13-14,20,25H,10,12H2,1H3,(H,27,30)/t20-/m0/s1. The van der Waals surface area contributed by atoms with Gasteiger partial charge in [0.25, 0.3) is 0 Å². The number of anilines is 1. The molecule has 9 heteroatoms. The molecule has 1 amide bonds. The molecule has 2 N–H and O–H groups in total. The van der Waals surface area contributed by atoms with Crippen molar-refractivity contribution in [2.24, 2.45) is 7.05 Å². The summed E-state index contributed by atoms with van der Waals surface area (Å²) in [6.07, 6.45) is 3.80. The third-order valence-electron chi connectivity index (χ3n) is 4.79. The first-order valence-corrected chi connectivity index (χ1v) is 10.6. The second-order valence-corrected chi connectivity index (χ2v) is 7.73. The molecule has 0 unspecified atom stereocenters. The van der Waals surface area contributed by atoms with Gasteiger partial charge in [-0.2, -0.15) is 5.10 Å². The number of amides is 1. The predicted molar refractivity (Wildman–Crippen MR) is 118 cm³/mol. The topological polar surface area (TPSA) is 84.7 Å². The van der Waals surface area contributed by atoms with Crippen LogP contribution in [-0.2, 0) is 24.8 Å². The first kappa shape index (κ1) is 20.8. The lowest BCUT2D eigenvalue weighted by Crippen LogP contribution is -2.42. The number of halogens is 1. The predicted octanol–water partition coefficient (Wildman–Crippen LogP) is 3.42. The highest BCUT2D eigenvalue weighted by Crippen LogP contribution is 2.21. The van der Waals surface area contributed by atoms with Gasteiger partial charge >= 0.3 is 0 Å². The van der Waals surface area contributed by atoms with Crippen LogP contribution in [0.1, 0.15) is 11.3 Å². The van der Waals surface area contributed by atoms with Gasteiger partial charge in [-0.15, -0.1) is 11.3 Å². The van der Waals surface area contributed by atoms with E-state index in [2.05, 4.69) is 25.7 Å². The molecule has 0 aliphatic carbocycles. The Morgan fingerprint density at radius 2 is 1.97 bits per heavy atom. The monoisotopic (exact) mass is 436 g/mol. The molecule has 0 saturated carbocycles. The second-order valence-electron chi connectivity index (χ2n) is 7.01. The number of carbonyl (C=O) groups is 1. The fraction of sp³-hybridized carbons (Fsp3) is 0.182. The molecule has 1 aromatic carbocycles. The largest absolute Gasteiger partial charge is 0.310 e. The number of aryl methyl sites for hydroxylation is 1. The van der Waals surface area contributed by atoms with E-state index < -0.39 is 6.04 Å². The zero-order valence-corrected chi connectivity index (χ0v) is 17.6. The van der Waals surface area contributed by atoms with Crippen molar-refractivity contribution >= 4 is 23.1 Å². The number of thiazole rings is 1. The molecule has 31 heavy (non-hydrogen) atoms. The summed E-state index contributed by atoms with van der Waals surface area (Å²) in [6, 6.07) is 11.2. The molecule has 3 aromatic heterocycles. The van der Waals surface area contributed by atoms with E-state index in [9.17, 15) is 9.18 Å². The second kappa shape index (κ2) is 9.59. The molecular weight excluding hydrogens is 415 g/mol. The highest BCUT2D eigenvalue weighted by atomic mass is 32.1. The number of hydrogen-bond acceptors (Lipinski definition) is 6. The summed E-state index contributed by atoms with van der Waals surface area (Å²) in [7, 11) is 1.78. The van der Waals surface area contributed by atoms with Gasteiger partial charge in [0.2, 0.25) is 5.91 Å². The third kappa shape index (κ3) is 5.39. The lowest BCUT2D eigenvalue weighted by molar-refractivity contribution is -0.118. The Kier molecular flexibility index (Phi) is 6.44. The molecule has 0 bridgehead atoms. The maximum atomic E-state index is 13.3. The Morgan fingerprint density at radius 3 is 2.68 bits per heavy atom. The average Bonchev–Trinajstić information content (AvgIpc) is 3.43. The van der Waals surface area contributed by atoms with Crippen LogP contribution in [0.4, 0.5) is 10.2 Å². The zero-order valence-electron chi connectivity index (χ0n) is 16.8. The summed E-state index contributed by atoms with van der Waals surface area (Å²) < 4.78 is 14.9. The number of benzene rings is 1. The van der Waals surface area contributed by atoms with Gasteiger partial charge in [-0.25, -0.2) is 9.37 Å². The van der Waals surface area contributed by atoms with Crippen molar-refractivity contribution in [1.29, 1.82) is 0 Å². The summed E-state index contributed by atoms with van der Waals surface area (Å²) in [6.45, 7) is 0.455. The van der Waals surface area contributed by atoms with E-state index in [0.717, 1.165) is 22.5 Å². The minimum atomic E-state index is -0.536. The third-order valence-corrected chi connectivity index (χ3v) is 5.43. The fourth-order valence-corrected chi connectivity index (χ4v) is 3.69. The van der Waals surface area contributed by atoms with E-state index in [1.54, 1.807) is 41.8 Å². The molecule has 0 spiro atoms. The van der Waals surface area contributed by atoms with Crippen LogP contribution in [0.5, 0.6) is 0 Å². The number of nitrogens with zero attached hydrogens (tertiary/aromatic N) is 4. The molecule has 158 valence electrons. The smallest absolute Gasteiger partial charge is 0.243 e. The van der Waals surface area contributed by atoms with Crippen LogP contribution in [0, 0.1) is 5.82 Å². The Balaban J connectivity index is 1.50. The molecule has 0 saturated heterocycles. The summed E-state index contributed by atoms with van der Waals surface area (Å²) >= 11 is 1.50. The number of rotatable bonds is 8. The van der Waals surface area contributed by atoms with E-state index >= 15 is 0 Å². The molecule has 0 aliphatic rings. The molecule has 7 nitrogen and oxygen atoms in total. The van der Waals surface area contributed by atoms with Gasteiger partial charge < -0.3 is 5.32 Å².